The summed E-state index contributed by atoms with van der Waals surface area (Å²) in [5.74, 6) is 5.60. The number of carbonyl (C=O) groups is 1. The Bertz CT molecular complexity index is 533. The first-order chi connectivity index (χ1) is 15.1. The molecule has 2 heteroatoms. The topological polar surface area (TPSA) is 17.1 Å². The molecule has 0 radical (unpaired) electrons. The van der Waals surface area contributed by atoms with Crippen LogP contribution in [-0.2, 0) is 4.79 Å². The van der Waals surface area contributed by atoms with E-state index in [9.17, 15) is 4.79 Å². The maximum atomic E-state index is 15.2. The molecule has 0 bridgehead atoms. The Morgan fingerprint density at radius 1 is 0.677 bits per heavy atom. The summed E-state index contributed by atoms with van der Waals surface area (Å²) in [4.78, 5) is 11.5. The van der Waals surface area contributed by atoms with Gasteiger partial charge in [0.15, 0.2) is 0 Å². The highest BCUT2D eigenvalue weighted by atomic mass is 19.1. The van der Waals surface area contributed by atoms with E-state index in [0.29, 0.717) is 30.5 Å². The molecule has 4 saturated carbocycles. The van der Waals surface area contributed by atoms with Crippen LogP contribution in [-0.4, -0.2) is 12.0 Å². The summed E-state index contributed by atoms with van der Waals surface area (Å²) in [5, 5.41) is 0. The number of unbranched alkanes of at least 4 members (excludes halogenated alkanes) is 2. The molecule has 4 aliphatic carbocycles. The highest BCUT2D eigenvalue weighted by Gasteiger charge is 2.40. The van der Waals surface area contributed by atoms with Gasteiger partial charge >= 0.3 is 0 Å². The monoisotopic (exact) mass is 432 g/mol. The van der Waals surface area contributed by atoms with Gasteiger partial charge in [-0.05, 0) is 112 Å². The van der Waals surface area contributed by atoms with E-state index in [1.165, 1.54) is 83.5 Å². The molecule has 0 aromatic rings. The fourth-order valence-electron chi connectivity index (χ4n) is 8.24. The van der Waals surface area contributed by atoms with Crippen LogP contribution in [0.3, 0.4) is 0 Å². The molecule has 4 rings (SSSR count). The third-order valence-electron chi connectivity index (χ3n) is 10.3. The number of ketones is 1. The van der Waals surface area contributed by atoms with E-state index < -0.39 is 6.17 Å². The molecule has 0 N–H and O–H groups in total. The molecule has 0 heterocycles. The van der Waals surface area contributed by atoms with Gasteiger partial charge in [0.1, 0.15) is 12.0 Å². The molecule has 4 aliphatic rings. The molecule has 3 unspecified atom stereocenters. The van der Waals surface area contributed by atoms with Gasteiger partial charge in [-0.3, -0.25) is 4.79 Å². The maximum Gasteiger partial charge on any atom is 0.132 e. The summed E-state index contributed by atoms with van der Waals surface area (Å²) >= 11 is 0. The van der Waals surface area contributed by atoms with Crippen molar-refractivity contribution in [3.05, 3.63) is 0 Å². The van der Waals surface area contributed by atoms with Crippen LogP contribution in [0.4, 0.5) is 4.39 Å². The van der Waals surface area contributed by atoms with E-state index in [-0.39, 0.29) is 5.92 Å². The van der Waals surface area contributed by atoms with Crippen molar-refractivity contribution in [2.45, 2.75) is 135 Å². The predicted molar refractivity (Wildman–Crippen MR) is 128 cm³/mol. The van der Waals surface area contributed by atoms with Gasteiger partial charge in [0.25, 0.3) is 0 Å². The maximum absolute atomic E-state index is 15.2. The zero-order valence-electron chi connectivity index (χ0n) is 20.3. The number of hydrogen-bond donors (Lipinski definition) is 0. The Hall–Kier alpha value is -0.400. The molecule has 0 aliphatic heterocycles. The van der Waals surface area contributed by atoms with Crippen molar-refractivity contribution in [1.29, 1.82) is 0 Å². The largest absolute Gasteiger partial charge is 0.300 e. The molecule has 0 aromatic carbocycles. The van der Waals surface area contributed by atoms with Crippen molar-refractivity contribution in [3.63, 3.8) is 0 Å². The lowest BCUT2D eigenvalue weighted by Gasteiger charge is -2.43. The first kappa shape index (κ1) is 23.7. The van der Waals surface area contributed by atoms with Crippen LogP contribution in [0.15, 0.2) is 0 Å². The smallest absolute Gasteiger partial charge is 0.132 e. The molecule has 178 valence electrons. The van der Waals surface area contributed by atoms with Gasteiger partial charge in [0, 0.05) is 12.8 Å². The normalized spacial score (nSPS) is 40.7. The molecule has 31 heavy (non-hydrogen) atoms. The molecule has 0 aromatic heterocycles. The Balaban J connectivity index is 1.16. The van der Waals surface area contributed by atoms with Gasteiger partial charge in [0.2, 0.25) is 0 Å². The number of alkyl halides is 1. The van der Waals surface area contributed by atoms with Crippen LogP contribution in [0.25, 0.3) is 0 Å². The van der Waals surface area contributed by atoms with Crippen molar-refractivity contribution < 1.29 is 9.18 Å². The van der Waals surface area contributed by atoms with Crippen LogP contribution in [0.1, 0.15) is 129 Å². The Kier molecular flexibility index (Phi) is 8.92. The number of halogens is 1. The lowest BCUT2D eigenvalue weighted by atomic mass is 9.63. The van der Waals surface area contributed by atoms with Gasteiger partial charge in [-0.15, -0.1) is 0 Å². The third-order valence-corrected chi connectivity index (χ3v) is 10.3. The van der Waals surface area contributed by atoms with Gasteiger partial charge in [-0.2, -0.15) is 0 Å². The average molecular weight is 433 g/mol. The molecule has 3 atom stereocenters. The molecular formula is C29H49FO. The van der Waals surface area contributed by atoms with Crippen LogP contribution in [0.5, 0.6) is 0 Å². The summed E-state index contributed by atoms with van der Waals surface area (Å²) in [6, 6.07) is 0. The standard InChI is InChI=1S/C29H49FO/c1-2-3-4-5-21-6-8-22(9-7-21)23-10-12-24(13-11-23)26-16-19-28(29(30)20-26)25-14-17-27(31)18-15-25/h21-26,28-29H,2-20H2,1H3. The second-order valence-corrected chi connectivity index (χ2v) is 12.1. The average Bonchev–Trinajstić information content (AvgIpc) is 2.81. The van der Waals surface area contributed by atoms with E-state index in [2.05, 4.69) is 6.92 Å². The molecule has 0 saturated heterocycles. The van der Waals surface area contributed by atoms with E-state index in [1.54, 1.807) is 0 Å². The SMILES string of the molecule is CCCCCC1CCC(C2CCC(C3CCC(C4CCC(=O)CC4)C(F)C3)CC2)CC1. The van der Waals surface area contributed by atoms with E-state index in [4.69, 9.17) is 0 Å². The number of Topliss-reactive ketones (excluding diaryl/α,β-unsaturated/α-hetero) is 1. The zero-order chi connectivity index (χ0) is 21.6. The van der Waals surface area contributed by atoms with Gasteiger partial charge in [-0.25, -0.2) is 4.39 Å². The molecule has 1 nitrogen and oxygen atoms in total. The second-order valence-electron chi connectivity index (χ2n) is 12.1. The Labute approximate surface area is 191 Å². The summed E-state index contributed by atoms with van der Waals surface area (Å²) in [5.41, 5.74) is 0. The zero-order valence-corrected chi connectivity index (χ0v) is 20.3. The van der Waals surface area contributed by atoms with Crippen LogP contribution < -0.4 is 0 Å². The Morgan fingerprint density at radius 3 is 1.81 bits per heavy atom. The quantitative estimate of drug-likeness (QED) is 0.368. The van der Waals surface area contributed by atoms with Crippen molar-refractivity contribution >= 4 is 5.78 Å². The first-order valence-electron chi connectivity index (χ1n) is 14.3. The number of hydrogen-bond acceptors (Lipinski definition) is 1. The minimum Gasteiger partial charge on any atom is -0.300 e. The molecule has 0 amide bonds. The molecular weight excluding hydrogens is 383 g/mol. The number of rotatable bonds is 7. The van der Waals surface area contributed by atoms with Crippen LogP contribution in [0, 0.1) is 41.4 Å². The second kappa shape index (κ2) is 11.6. The van der Waals surface area contributed by atoms with Gasteiger partial charge in [-0.1, -0.05) is 45.4 Å². The summed E-state index contributed by atoms with van der Waals surface area (Å²) in [6.07, 6.45) is 23.2. The molecule has 4 fully saturated rings. The lowest BCUT2D eigenvalue weighted by Crippen LogP contribution is -2.37. The fourth-order valence-corrected chi connectivity index (χ4v) is 8.24. The van der Waals surface area contributed by atoms with E-state index >= 15 is 4.39 Å². The Morgan fingerprint density at radius 2 is 1.23 bits per heavy atom. The third kappa shape index (κ3) is 6.35. The van der Waals surface area contributed by atoms with Crippen molar-refractivity contribution in [2.75, 3.05) is 0 Å². The lowest BCUT2D eigenvalue weighted by molar-refractivity contribution is -0.121. The van der Waals surface area contributed by atoms with Gasteiger partial charge in [0.05, 0.1) is 0 Å². The van der Waals surface area contributed by atoms with Crippen LogP contribution >= 0.6 is 0 Å². The minimum absolute atomic E-state index is 0.258. The predicted octanol–water partition coefficient (Wildman–Crippen LogP) is 8.69. The number of carbonyl (C=O) groups excluding carboxylic acids is 1. The highest BCUT2D eigenvalue weighted by Crippen LogP contribution is 2.48. The fraction of sp³-hybridized carbons (Fsp3) is 0.966. The van der Waals surface area contributed by atoms with Crippen LogP contribution in [0.2, 0.25) is 0 Å². The molecule has 0 spiro atoms. The highest BCUT2D eigenvalue weighted by molar-refractivity contribution is 5.79. The summed E-state index contributed by atoms with van der Waals surface area (Å²) < 4.78 is 15.2. The van der Waals surface area contributed by atoms with Crippen molar-refractivity contribution in [2.24, 2.45) is 41.4 Å². The van der Waals surface area contributed by atoms with Gasteiger partial charge < -0.3 is 0 Å². The van der Waals surface area contributed by atoms with E-state index in [0.717, 1.165) is 49.4 Å². The summed E-state index contributed by atoms with van der Waals surface area (Å²) in [6.45, 7) is 2.31. The van der Waals surface area contributed by atoms with E-state index in [1.807, 2.05) is 0 Å². The van der Waals surface area contributed by atoms with Crippen molar-refractivity contribution in [3.8, 4) is 0 Å². The van der Waals surface area contributed by atoms with Crippen molar-refractivity contribution in [1.82, 2.24) is 0 Å². The first-order valence-corrected chi connectivity index (χ1v) is 14.3. The summed E-state index contributed by atoms with van der Waals surface area (Å²) in [7, 11) is 0. The minimum atomic E-state index is -0.599.